The van der Waals surface area contributed by atoms with Crippen molar-refractivity contribution in [2.24, 2.45) is 5.92 Å². The molecule has 0 atom stereocenters. The number of carbonyl (C=O) groups is 1. The Hall–Kier alpha value is -0.790. The smallest absolute Gasteiger partial charge is 0.223 e. The number of rotatable bonds is 1. The molecular formula is C10H19NO. The highest BCUT2D eigenvalue weighted by molar-refractivity contribution is 5.80. The third-order valence-electron chi connectivity index (χ3n) is 2.04. The fraction of sp³-hybridized carbons (Fsp3) is 0.700. The molecule has 0 spiro atoms. The first kappa shape index (κ1) is 11.2. The van der Waals surface area contributed by atoms with Crippen molar-refractivity contribution in [1.29, 1.82) is 0 Å². The Morgan fingerprint density at radius 2 is 2.00 bits per heavy atom. The number of allylic oxidation sites excluding steroid dienone is 2. The van der Waals surface area contributed by atoms with Crippen molar-refractivity contribution in [2.75, 3.05) is 7.05 Å². The molecule has 70 valence electrons. The van der Waals surface area contributed by atoms with Gasteiger partial charge in [0.15, 0.2) is 0 Å². The quantitative estimate of drug-likeness (QED) is 0.598. The van der Waals surface area contributed by atoms with Gasteiger partial charge in [0.1, 0.15) is 0 Å². The average Bonchev–Trinajstić information content (AvgIpc) is 2.06. The van der Waals surface area contributed by atoms with E-state index in [0.29, 0.717) is 0 Å². The van der Waals surface area contributed by atoms with Crippen molar-refractivity contribution < 1.29 is 4.79 Å². The zero-order chi connectivity index (χ0) is 9.56. The predicted molar refractivity (Wildman–Crippen MR) is 51.9 cm³/mol. The van der Waals surface area contributed by atoms with E-state index in [1.807, 2.05) is 20.8 Å². The van der Waals surface area contributed by atoms with Gasteiger partial charge < -0.3 is 5.32 Å². The third kappa shape index (κ3) is 2.68. The Morgan fingerprint density at radius 3 is 2.33 bits per heavy atom. The largest absolute Gasteiger partial charge is 0.359 e. The van der Waals surface area contributed by atoms with Crippen LogP contribution >= 0.6 is 0 Å². The molecule has 0 aromatic rings. The van der Waals surface area contributed by atoms with Crippen LogP contribution in [-0.4, -0.2) is 13.0 Å². The van der Waals surface area contributed by atoms with Crippen molar-refractivity contribution in [3.05, 3.63) is 11.6 Å². The van der Waals surface area contributed by atoms with Gasteiger partial charge in [-0.2, -0.15) is 0 Å². The molecule has 1 rings (SSSR count). The van der Waals surface area contributed by atoms with E-state index in [-0.39, 0.29) is 11.8 Å². The van der Waals surface area contributed by atoms with Gasteiger partial charge in [-0.25, -0.2) is 0 Å². The number of amides is 1. The lowest BCUT2D eigenvalue weighted by Gasteiger charge is -2.27. The maximum atomic E-state index is 10.9. The van der Waals surface area contributed by atoms with Crippen LogP contribution in [0.2, 0.25) is 0 Å². The Kier molecular flexibility index (Phi) is 5.43. The van der Waals surface area contributed by atoms with Crippen LogP contribution in [-0.2, 0) is 4.79 Å². The summed E-state index contributed by atoms with van der Waals surface area (Å²) in [6, 6.07) is 0. The fourth-order valence-corrected chi connectivity index (χ4v) is 1.20. The van der Waals surface area contributed by atoms with Crippen LogP contribution in [0.15, 0.2) is 11.6 Å². The number of carbonyl (C=O) groups excluding carboxylic acids is 1. The zero-order valence-electron chi connectivity index (χ0n) is 8.48. The molecule has 1 aliphatic carbocycles. The highest BCUT2D eigenvalue weighted by Gasteiger charge is 2.27. The molecule has 12 heavy (non-hydrogen) atoms. The Bertz CT molecular complexity index is 165. The van der Waals surface area contributed by atoms with E-state index in [0.717, 1.165) is 12.8 Å². The zero-order valence-corrected chi connectivity index (χ0v) is 8.48. The van der Waals surface area contributed by atoms with Crippen LogP contribution < -0.4 is 5.32 Å². The molecule has 1 saturated carbocycles. The van der Waals surface area contributed by atoms with Crippen LogP contribution in [0.25, 0.3) is 0 Å². The minimum Gasteiger partial charge on any atom is -0.359 e. The molecule has 0 aromatic heterocycles. The first-order valence-corrected chi connectivity index (χ1v) is 4.63. The second-order valence-electron chi connectivity index (χ2n) is 2.67. The lowest BCUT2D eigenvalue weighted by atomic mass is 9.79. The number of nitrogens with one attached hydrogen (secondary N) is 1. The lowest BCUT2D eigenvalue weighted by Crippen LogP contribution is -2.32. The van der Waals surface area contributed by atoms with Crippen LogP contribution in [0.1, 0.15) is 33.6 Å². The molecule has 2 heteroatoms. The first-order valence-electron chi connectivity index (χ1n) is 4.63. The third-order valence-corrected chi connectivity index (χ3v) is 2.04. The molecule has 0 aliphatic heterocycles. The molecule has 0 radical (unpaired) electrons. The molecule has 2 nitrogen and oxygen atoms in total. The van der Waals surface area contributed by atoms with E-state index in [1.165, 1.54) is 5.57 Å². The predicted octanol–water partition coefficient (Wildman–Crippen LogP) is 2.11. The molecule has 1 N–H and O–H groups in total. The summed E-state index contributed by atoms with van der Waals surface area (Å²) in [6.07, 6.45) is 4.03. The summed E-state index contributed by atoms with van der Waals surface area (Å²) in [4.78, 5) is 10.9. The molecule has 0 bridgehead atoms. The van der Waals surface area contributed by atoms with Crippen molar-refractivity contribution >= 4 is 5.91 Å². The summed E-state index contributed by atoms with van der Waals surface area (Å²) in [5, 5.41) is 2.65. The molecule has 1 aliphatic rings. The van der Waals surface area contributed by atoms with E-state index < -0.39 is 0 Å². The van der Waals surface area contributed by atoms with Crippen LogP contribution in [0.3, 0.4) is 0 Å². The van der Waals surface area contributed by atoms with Gasteiger partial charge in [0, 0.05) is 13.0 Å². The molecule has 0 saturated heterocycles. The Balaban J connectivity index is 0.000000561. The molecule has 0 heterocycles. The Labute approximate surface area is 75.0 Å². The minimum atomic E-state index is 0.186. The van der Waals surface area contributed by atoms with Gasteiger partial charge in [-0.15, -0.1) is 0 Å². The maximum absolute atomic E-state index is 10.9. The van der Waals surface area contributed by atoms with Crippen molar-refractivity contribution in [3.63, 3.8) is 0 Å². The van der Waals surface area contributed by atoms with E-state index in [9.17, 15) is 4.79 Å². The monoisotopic (exact) mass is 169 g/mol. The van der Waals surface area contributed by atoms with E-state index in [2.05, 4.69) is 11.4 Å². The standard InChI is InChI=1S/C8H13NO.C2H6/c1-3-6-4-7(5-6)8(10)9-2;1-2/h3,7H,4-5H2,1-2H3,(H,9,10);1-2H3. The number of hydrogen-bond donors (Lipinski definition) is 1. The summed E-state index contributed by atoms with van der Waals surface area (Å²) < 4.78 is 0. The van der Waals surface area contributed by atoms with Crippen molar-refractivity contribution in [1.82, 2.24) is 5.32 Å². The Morgan fingerprint density at radius 1 is 1.50 bits per heavy atom. The maximum Gasteiger partial charge on any atom is 0.223 e. The highest BCUT2D eigenvalue weighted by Crippen LogP contribution is 2.32. The second kappa shape index (κ2) is 5.81. The summed E-state index contributed by atoms with van der Waals surface area (Å²) in [5.41, 5.74) is 1.41. The van der Waals surface area contributed by atoms with Gasteiger partial charge in [-0.3, -0.25) is 4.79 Å². The van der Waals surface area contributed by atoms with Gasteiger partial charge in [-0.1, -0.05) is 25.5 Å². The van der Waals surface area contributed by atoms with E-state index in [1.54, 1.807) is 7.05 Å². The number of hydrogen-bond acceptors (Lipinski definition) is 1. The summed E-state index contributed by atoms with van der Waals surface area (Å²) in [6.45, 7) is 6.02. The highest BCUT2D eigenvalue weighted by atomic mass is 16.1. The van der Waals surface area contributed by atoms with Crippen LogP contribution in [0.5, 0.6) is 0 Å². The SMILES string of the molecule is CC.CC=C1CC(C(=O)NC)C1. The van der Waals surface area contributed by atoms with Crippen LogP contribution in [0, 0.1) is 5.92 Å². The lowest BCUT2D eigenvalue weighted by molar-refractivity contribution is -0.125. The molecule has 1 amide bonds. The van der Waals surface area contributed by atoms with Gasteiger partial charge in [0.25, 0.3) is 0 Å². The fourth-order valence-electron chi connectivity index (χ4n) is 1.20. The normalized spacial score (nSPS) is 20.0. The summed E-state index contributed by atoms with van der Waals surface area (Å²) >= 11 is 0. The van der Waals surface area contributed by atoms with Gasteiger partial charge >= 0.3 is 0 Å². The average molecular weight is 169 g/mol. The topological polar surface area (TPSA) is 29.1 Å². The summed E-state index contributed by atoms with van der Waals surface area (Å²) in [5.74, 6) is 0.446. The van der Waals surface area contributed by atoms with Gasteiger partial charge in [-0.05, 0) is 19.8 Å². The van der Waals surface area contributed by atoms with Gasteiger partial charge in [0.2, 0.25) is 5.91 Å². The second-order valence-corrected chi connectivity index (χ2v) is 2.67. The van der Waals surface area contributed by atoms with Gasteiger partial charge in [0.05, 0.1) is 0 Å². The molecule has 0 aromatic carbocycles. The van der Waals surface area contributed by atoms with Crippen molar-refractivity contribution in [3.8, 4) is 0 Å². The molecular weight excluding hydrogens is 150 g/mol. The minimum absolute atomic E-state index is 0.186. The molecule has 0 unspecified atom stereocenters. The first-order chi connectivity index (χ1) is 5.77. The van der Waals surface area contributed by atoms with Crippen molar-refractivity contribution in [2.45, 2.75) is 33.6 Å². The van der Waals surface area contributed by atoms with E-state index >= 15 is 0 Å². The summed E-state index contributed by atoms with van der Waals surface area (Å²) in [7, 11) is 1.69. The van der Waals surface area contributed by atoms with E-state index in [4.69, 9.17) is 0 Å². The van der Waals surface area contributed by atoms with Crippen LogP contribution in [0.4, 0.5) is 0 Å². The molecule has 1 fully saturated rings.